The van der Waals surface area contributed by atoms with Crippen molar-refractivity contribution in [3.05, 3.63) is 63.4 Å². The molecule has 0 bridgehead atoms. The molecule has 138 valence electrons. The Morgan fingerprint density at radius 3 is 2.46 bits per heavy atom. The summed E-state index contributed by atoms with van der Waals surface area (Å²) in [5.74, 6) is -0.532. The molecule has 7 heteroatoms. The summed E-state index contributed by atoms with van der Waals surface area (Å²) < 4.78 is 0. The van der Waals surface area contributed by atoms with Crippen LogP contribution in [0.15, 0.2) is 36.7 Å². The van der Waals surface area contributed by atoms with Gasteiger partial charge in [0.25, 0.3) is 11.8 Å². The van der Waals surface area contributed by atoms with E-state index in [1.165, 1.54) is 18.5 Å². The van der Waals surface area contributed by atoms with Crippen molar-refractivity contribution >= 4 is 35.0 Å². The Morgan fingerprint density at radius 2 is 1.81 bits per heavy atom. The van der Waals surface area contributed by atoms with Gasteiger partial charge in [0.2, 0.25) is 0 Å². The van der Waals surface area contributed by atoms with Gasteiger partial charge in [-0.05, 0) is 43.5 Å². The smallest absolute Gasteiger partial charge is 0.253 e. The van der Waals surface area contributed by atoms with E-state index in [4.69, 9.17) is 23.2 Å². The molecule has 0 spiro atoms. The largest absolute Gasteiger partial charge is 0.352 e. The van der Waals surface area contributed by atoms with Crippen LogP contribution in [-0.4, -0.2) is 29.4 Å². The summed E-state index contributed by atoms with van der Waals surface area (Å²) in [5, 5.41) is 6.79. The summed E-state index contributed by atoms with van der Waals surface area (Å²) in [6.45, 7) is 4.31. The number of carbonyl (C=O) groups excluding carboxylic acids is 2. The number of pyridine rings is 1. The van der Waals surface area contributed by atoms with E-state index in [1.54, 1.807) is 12.1 Å². The van der Waals surface area contributed by atoms with Crippen LogP contribution in [0.2, 0.25) is 10.0 Å². The highest BCUT2D eigenvalue weighted by molar-refractivity contribution is 6.35. The zero-order chi connectivity index (χ0) is 19.1. The zero-order valence-electron chi connectivity index (χ0n) is 14.7. The average molecular weight is 394 g/mol. The first-order valence-electron chi connectivity index (χ1n) is 8.38. The molecule has 0 aliphatic heterocycles. The number of nitrogens with one attached hydrogen (secondary N) is 2. The van der Waals surface area contributed by atoms with E-state index in [1.807, 2.05) is 19.9 Å². The molecular weight excluding hydrogens is 373 g/mol. The first-order valence-corrected chi connectivity index (χ1v) is 9.14. The molecule has 0 aliphatic carbocycles. The number of aromatic nitrogens is 1. The first-order chi connectivity index (χ1) is 12.4. The fourth-order valence-electron chi connectivity index (χ4n) is 2.23. The Bertz CT molecular complexity index is 796. The lowest BCUT2D eigenvalue weighted by Gasteiger charge is -2.12. The third-order valence-corrected chi connectivity index (χ3v) is 4.53. The number of amides is 2. The van der Waals surface area contributed by atoms with Crippen LogP contribution >= 0.6 is 23.2 Å². The minimum Gasteiger partial charge on any atom is -0.352 e. The summed E-state index contributed by atoms with van der Waals surface area (Å²) >= 11 is 12.0. The van der Waals surface area contributed by atoms with Crippen molar-refractivity contribution in [1.29, 1.82) is 0 Å². The van der Waals surface area contributed by atoms with Crippen LogP contribution in [-0.2, 0) is 6.42 Å². The average Bonchev–Trinajstić information content (AvgIpc) is 2.63. The van der Waals surface area contributed by atoms with E-state index >= 15 is 0 Å². The predicted octanol–water partition coefficient (Wildman–Crippen LogP) is 3.89. The third-order valence-electron chi connectivity index (χ3n) is 3.95. The van der Waals surface area contributed by atoms with Crippen LogP contribution < -0.4 is 10.6 Å². The fraction of sp³-hybridized carbons (Fsp3) is 0.316. The van der Waals surface area contributed by atoms with E-state index in [9.17, 15) is 9.59 Å². The van der Waals surface area contributed by atoms with Crippen LogP contribution in [0.1, 0.15) is 46.5 Å². The van der Waals surface area contributed by atoms with Crippen molar-refractivity contribution in [2.45, 2.75) is 32.7 Å². The molecular formula is C19H21Cl2N3O2. The zero-order valence-corrected chi connectivity index (χ0v) is 16.2. The third kappa shape index (κ3) is 5.71. The highest BCUT2D eigenvalue weighted by Gasteiger charge is 2.13. The topological polar surface area (TPSA) is 71.1 Å². The van der Waals surface area contributed by atoms with Gasteiger partial charge in [0.15, 0.2) is 0 Å². The minimum atomic E-state index is -0.291. The number of halogens is 2. The van der Waals surface area contributed by atoms with Crippen LogP contribution in [0.25, 0.3) is 0 Å². The lowest BCUT2D eigenvalue weighted by Crippen LogP contribution is -2.32. The molecule has 1 aromatic heterocycles. The highest BCUT2D eigenvalue weighted by Crippen LogP contribution is 2.21. The van der Waals surface area contributed by atoms with Crippen LogP contribution in [0.3, 0.4) is 0 Å². The van der Waals surface area contributed by atoms with Gasteiger partial charge in [-0.3, -0.25) is 14.6 Å². The molecule has 1 aromatic carbocycles. The molecule has 26 heavy (non-hydrogen) atoms. The SMILES string of the molecule is CCC(C)NC(=O)c1cncc(C(=O)NCCc2ccc(Cl)cc2Cl)c1. The van der Waals surface area contributed by atoms with Gasteiger partial charge in [-0.1, -0.05) is 36.2 Å². The Kier molecular flexibility index (Phi) is 7.42. The maximum absolute atomic E-state index is 12.3. The van der Waals surface area contributed by atoms with Crippen LogP contribution in [0.4, 0.5) is 0 Å². The number of hydrogen-bond donors (Lipinski definition) is 2. The van der Waals surface area contributed by atoms with Gasteiger partial charge in [0.1, 0.15) is 0 Å². The molecule has 2 rings (SSSR count). The van der Waals surface area contributed by atoms with E-state index < -0.39 is 0 Å². The number of hydrogen-bond acceptors (Lipinski definition) is 3. The summed E-state index contributed by atoms with van der Waals surface area (Å²) in [4.78, 5) is 28.4. The second-order valence-corrected chi connectivity index (χ2v) is 6.83. The molecule has 2 N–H and O–H groups in total. The molecule has 1 heterocycles. The minimum absolute atomic E-state index is 0.0594. The maximum atomic E-state index is 12.3. The molecule has 0 fully saturated rings. The number of rotatable bonds is 7. The highest BCUT2D eigenvalue weighted by atomic mass is 35.5. The lowest BCUT2D eigenvalue weighted by molar-refractivity contribution is 0.0939. The lowest BCUT2D eigenvalue weighted by atomic mass is 10.1. The number of nitrogens with zero attached hydrogens (tertiary/aromatic N) is 1. The van der Waals surface area contributed by atoms with Gasteiger partial charge in [0.05, 0.1) is 11.1 Å². The predicted molar refractivity (Wildman–Crippen MR) is 104 cm³/mol. The molecule has 2 aromatic rings. The Labute approximate surface area is 163 Å². The standard InChI is InChI=1S/C19H21Cl2N3O2/c1-3-12(2)24-19(26)15-8-14(10-22-11-15)18(25)23-7-6-13-4-5-16(20)9-17(13)21/h4-5,8-12H,3,6-7H2,1-2H3,(H,23,25)(H,24,26). The van der Waals surface area contributed by atoms with Crippen molar-refractivity contribution in [2.75, 3.05) is 6.54 Å². The Balaban J connectivity index is 1.95. The van der Waals surface area contributed by atoms with E-state index in [0.29, 0.717) is 34.1 Å². The second kappa shape index (κ2) is 9.55. The van der Waals surface area contributed by atoms with Gasteiger partial charge < -0.3 is 10.6 Å². The van der Waals surface area contributed by atoms with E-state index in [0.717, 1.165) is 12.0 Å². The maximum Gasteiger partial charge on any atom is 0.253 e. The quantitative estimate of drug-likeness (QED) is 0.749. The molecule has 0 saturated carbocycles. The monoisotopic (exact) mass is 393 g/mol. The molecule has 5 nitrogen and oxygen atoms in total. The fourth-order valence-corrected chi connectivity index (χ4v) is 2.74. The Hall–Kier alpha value is -2.11. The van der Waals surface area contributed by atoms with Gasteiger partial charge in [-0.2, -0.15) is 0 Å². The number of benzene rings is 1. The van der Waals surface area contributed by atoms with Gasteiger partial charge in [0, 0.05) is 35.0 Å². The summed E-state index contributed by atoms with van der Waals surface area (Å²) in [6, 6.07) is 6.86. The van der Waals surface area contributed by atoms with Gasteiger partial charge in [-0.25, -0.2) is 0 Å². The van der Waals surface area contributed by atoms with Crippen molar-refractivity contribution in [3.8, 4) is 0 Å². The van der Waals surface area contributed by atoms with Crippen molar-refractivity contribution in [3.63, 3.8) is 0 Å². The molecule has 2 amide bonds. The molecule has 1 unspecified atom stereocenters. The number of carbonyl (C=O) groups is 2. The molecule has 1 atom stereocenters. The van der Waals surface area contributed by atoms with Crippen molar-refractivity contribution < 1.29 is 9.59 Å². The Morgan fingerprint density at radius 1 is 1.12 bits per heavy atom. The summed E-state index contributed by atoms with van der Waals surface area (Å²) in [7, 11) is 0. The molecule has 0 radical (unpaired) electrons. The van der Waals surface area contributed by atoms with Crippen LogP contribution in [0, 0.1) is 0 Å². The van der Waals surface area contributed by atoms with Gasteiger partial charge in [-0.15, -0.1) is 0 Å². The normalized spacial score (nSPS) is 11.7. The van der Waals surface area contributed by atoms with Crippen molar-refractivity contribution in [1.82, 2.24) is 15.6 Å². The molecule has 0 aliphatic rings. The summed E-state index contributed by atoms with van der Waals surface area (Å²) in [5.41, 5.74) is 1.60. The second-order valence-electron chi connectivity index (χ2n) is 5.99. The van der Waals surface area contributed by atoms with E-state index in [2.05, 4.69) is 15.6 Å². The van der Waals surface area contributed by atoms with Gasteiger partial charge >= 0.3 is 0 Å². The van der Waals surface area contributed by atoms with E-state index in [-0.39, 0.29) is 17.9 Å². The molecule has 0 saturated heterocycles. The summed E-state index contributed by atoms with van der Waals surface area (Å²) in [6.07, 6.45) is 4.28. The van der Waals surface area contributed by atoms with Crippen LogP contribution in [0.5, 0.6) is 0 Å². The first kappa shape index (κ1) is 20.2. The van der Waals surface area contributed by atoms with Crippen molar-refractivity contribution in [2.24, 2.45) is 0 Å².